The maximum absolute atomic E-state index is 6.15. The summed E-state index contributed by atoms with van der Waals surface area (Å²) in [7, 11) is 0. The molecule has 2 N–H and O–H groups in total. The number of ether oxygens (including phenoxy) is 1. The molecule has 2 aromatic rings. The second-order valence-electron chi connectivity index (χ2n) is 5.22. The first-order valence-electron chi connectivity index (χ1n) is 6.72. The number of benzene rings is 2. The minimum Gasteiger partial charge on any atom is -0.484 e. The van der Waals surface area contributed by atoms with Crippen LogP contribution in [0.25, 0.3) is 0 Å². The van der Waals surface area contributed by atoms with Crippen LogP contribution in [0.5, 0.6) is 5.75 Å². The van der Waals surface area contributed by atoms with Gasteiger partial charge in [-0.2, -0.15) is 0 Å². The molecule has 2 rings (SSSR count). The SMILES string of the molecule is Cc1ccc(C)c(OC(c2ccc(Cl)cc2)C(C)N)c1. The molecule has 0 aliphatic carbocycles. The summed E-state index contributed by atoms with van der Waals surface area (Å²) in [6.45, 7) is 6.04. The molecule has 0 fully saturated rings. The lowest BCUT2D eigenvalue weighted by molar-refractivity contribution is 0.179. The van der Waals surface area contributed by atoms with Crippen molar-refractivity contribution in [3.63, 3.8) is 0 Å². The molecule has 3 heteroatoms. The van der Waals surface area contributed by atoms with Crippen molar-refractivity contribution in [1.82, 2.24) is 0 Å². The van der Waals surface area contributed by atoms with Gasteiger partial charge in [-0.3, -0.25) is 0 Å². The van der Waals surface area contributed by atoms with Gasteiger partial charge < -0.3 is 10.5 Å². The van der Waals surface area contributed by atoms with E-state index in [4.69, 9.17) is 22.1 Å². The molecule has 0 saturated heterocycles. The van der Waals surface area contributed by atoms with E-state index < -0.39 is 0 Å². The zero-order valence-electron chi connectivity index (χ0n) is 12.1. The van der Waals surface area contributed by atoms with Gasteiger partial charge in [0.1, 0.15) is 11.9 Å². The van der Waals surface area contributed by atoms with Crippen molar-refractivity contribution in [3.8, 4) is 5.75 Å². The standard InChI is InChI=1S/C17H20ClNO/c1-11-4-5-12(2)16(10-11)20-17(13(3)19)14-6-8-15(18)9-7-14/h4-10,13,17H,19H2,1-3H3. The van der Waals surface area contributed by atoms with E-state index in [-0.39, 0.29) is 12.1 Å². The van der Waals surface area contributed by atoms with Gasteiger partial charge >= 0.3 is 0 Å². The Morgan fingerprint density at radius 2 is 1.70 bits per heavy atom. The van der Waals surface area contributed by atoms with Crippen LogP contribution in [0.4, 0.5) is 0 Å². The Bertz CT molecular complexity index is 578. The van der Waals surface area contributed by atoms with Gasteiger partial charge in [-0.05, 0) is 55.7 Å². The fourth-order valence-corrected chi connectivity index (χ4v) is 2.23. The fourth-order valence-electron chi connectivity index (χ4n) is 2.10. The Morgan fingerprint density at radius 3 is 2.30 bits per heavy atom. The highest BCUT2D eigenvalue weighted by molar-refractivity contribution is 6.30. The molecular weight excluding hydrogens is 270 g/mol. The number of rotatable bonds is 4. The Balaban J connectivity index is 2.30. The lowest BCUT2D eigenvalue weighted by Crippen LogP contribution is -2.29. The number of halogens is 1. The van der Waals surface area contributed by atoms with Crippen LogP contribution in [0.3, 0.4) is 0 Å². The molecule has 2 aromatic carbocycles. The van der Waals surface area contributed by atoms with Gasteiger partial charge in [0.25, 0.3) is 0 Å². The Hall–Kier alpha value is -1.51. The van der Waals surface area contributed by atoms with Gasteiger partial charge in [0, 0.05) is 11.1 Å². The molecular formula is C17H20ClNO. The summed E-state index contributed by atoms with van der Waals surface area (Å²) in [5.74, 6) is 0.877. The molecule has 0 amide bonds. The van der Waals surface area contributed by atoms with Crippen molar-refractivity contribution >= 4 is 11.6 Å². The first kappa shape index (κ1) is 14.9. The van der Waals surface area contributed by atoms with E-state index in [2.05, 4.69) is 19.1 Å². The molecule has 0 aliphatic heterocycles. The van der Waals surface area contributed by atoms with Crippen LogP contribution in [0.15, 0.2) is 42.5 Å². The van der Waals surface area contributed by atoms with E-state index in [0.29, 0.717) is 5.02 Å². The van der Waals surface area contributed by atoms with Gasteiger partial charge in [0.05, 0.1) is 0 Å². The smallest absolute Gasteiger partial charge is 0.138 e. The molecule has 2 unspecified atom stereocenters. The highest BCUT2D eigenvalue weighted by atomic mass is 35.5. The zero-order chi connectivity index (χ0) is 14.7. The molecule has 0 radical (unpaired) electrons. The van der Waals surface area contributed by atoms with Crippen LogP contribution in [-0.4, -0.2) is 6.04 Å². The lowest BCUT2D eigenvalue weighted by Gasteiger charge is -2.24. The summed E-state index contributed by atoms with van der Waals surface area (Å²) in [5.41, 5.74) is 9.40. The monoisotopic (exact) mass is 289 g/mol. The molecule has 2 atom stereocenters. The molecule has 0 bridgehead atoms. The van der Waals surface area contributed by atoms with E-state index in [1.807, 2.05) is 44.2 Å². The van der Waals surface area contributed by atoms with E-state index in [0.717, 1.165) is 16.9 Å². The van der Waals surface area contributed by atoms with Crippen molar-refractivity contribution in [2.75, 3.05) is 0 Å². The third-order valence-electron chi connectivity index (χ3n) is 3.27. The summed E-state index contributed by atoms with van der Waals surface area (Å²) < 4.78 is 6.15. The molecule has 20 heavy (non-hydrogen) atoms. The highest BCUT2D eigenvalue weighted by Crippen LogP contribution is 2.28. The van der Waals surface area contributed by atoms with Gasteiger partial charge in [0.15, 0.2) is 0 Å². The molecule has 0 saturated carbocycles. The molecule has 0 heterocycles. The van der Waals surface area contributed by atoms with Crippen LogP contribution in [0, 0.1) is 13.8 Å². The Morgan fingerprint density at radius 1 is 1.05 bits per heavy atom. The van der Waals surface area contributed by atoms with Gasteiger partial charge in [-0.1, -0.05) is 35.9 Å². The van der Waals surface area contributed by atoms with Gasteiger partial charge in [-0.25, -0.2) is 0 Å². The zero-order valence-corrected chi connectivity index (χ0v) is 12.8. The first-order valence-corrected chi connectivity index (χ1v) is 7.10. The second-order valence-corrected chi connectivity index (χ2v) is 5.65. The molecule has 106 valence electrons. The van der Waals surface area contributed by atoms with Crippen LogP contribution in [0.2, 0.25) is 5.02 Å². The minimum absolute atomic E-state index is 0.115. The van der Waals surface area contributed by atoms with Crippen molar-refractivity contribution in [2.45, 2.75) is 32.9 Å². The van der Waals surface area contributed by atoms with Crippen molar-refractivity contribution in [3.05, 3.63) is 64.2 Å². The van der Waals surface area contributed by atoms with Crippen molar-refractivity contribution < 1.29 is 4.74 Å². The third-order valence-corrected chi connectivity index (χ3v) is 3.53. The predicted octanol–water partition coefficient (Wildman–Crippen LogP) is 4.42. The van der Waals surface area contributed by atoms with Crippen molar-refractivity contribution in [1.29, 1.82) is 0 Å². The third kappa shape index (κ3) is 3.53. The van der Waals surface area contributed by atoms with Crippen LogP contribution >= 0.6 is 11.6 Å². The van der Waals surface area contributed by atoms with Crippen LogP contribution in [0.1, 0.15) is 29.7 Å². The minimum atomic E-state index is -0.187. The summed E-state index contributed by atoms with van der Waals surface area (Å²) in [5, 5.41) is 0.712. The van der Waals surface area contributed by atoms with Crippen molar-refractivity contribution in [2.24, 2.45) is 5.73 Å². The average molecular weight is 290 g/mol. The maximum atomic E-state index is 6.15. The molecule has 0 spiro atoms. The largest absolute Gasteiger partial charge is 0.484 e. The van der Waals surface area contributed by atoms with E-state index in [1.54, 1.807) is 0 Å². The van der Waals surface area contributed by atoms with E-state index in [9.17, 15) is 0 Å². The second kappa shape index (κ2) is 6.29. The topological polar surface area (TPSA) is 35.2 Å². The molecule has 0 aromatic heterocycles. The fraction of sp³-hybridized carbons (Fsp3) is 0.294. The normalized spacial score (nSPS) is 13.8. The number of hydrogen-bond donors (Lipinski definition) is 1. The first-order chi connectivity index (χ1) is 9.47. The van der Waals surface area contributed by atoms with Crippen LogP contribution < -0.4 is 10.5 Å². The predicted molar refractivity (Wildman–Crippen MR) is 84.4 cm³/mol. The lowest BCUT2D eigenvalue weighted by atomic mass is 10.0. The van der Waals surface area contributed by atoms with Gasteiger partial charge in [-0.15, -0.1) is 0 Å². The summed E-state index contributed by atoms with van der Waals surface area (Å²) in [6, 6.07) is 13.7. The maximum Gasteiger partial charge on any atom is 0.138 e. The quantitative estimate of drug-likeness (QED) is 0.904. The summed E-state index contributed by atoms with van der Waals surface area (Å²) in [4.78, 5) is 0. The van der Waals surface area contributed by atoms with Gasteiger partial charge in [0.2, 0.25) is 0 Å². The number of aryl methyl sites for hydroxylation is 2. The highest BCUT2D eigenvalue weighted by Gasteiger charge is 2.19. The van der Waals surface area contributed by atoms with Crippen LogP contribution in [-0.2, 0) is 0 Å². The summed E-state index contributed by atoms with van der Waals surface area (Å²) >= 11 is 5.93. The van der Waals surface area contributed by atoms with E-state index in [1.165, 1.54) is 5.56 Å². The Kier molecular flexibility index (Phi) is 4.69. The number of hydrogen-bond acceptors (Lipinski definition) is 2. The molecule has 0 aliphatic rings. The molecule has 2 nitrogen and oxygen atoms in total. The Labute approximate surface area is 125 Å². The average Bonchev–Trinajstić information content (AvgIpc) is 2.40. The van der Waals surface area contributed by atoms with E-state index >= 15 is 0 Å². The number of nitrogens with two attached hydrogens (primary N) is 1. The summed E-state index contributed by atoms with van der Waals surface area (Å²) in [6.07, 6.45) is -0.187.